The number of hydrogen-bond acceptors (Lipinski definition) is 2. The molecule has 0 fully saturated rings. The first-order valence-corrected chi connectivity index (χ1v) is 5.37. The summed E-state index contributed by atoms with van der Waals surface area (Å²) in [6, 6.07) is 3.79. The largest absolute Gasteiger partial charge is 0.349 e. The number of hydrogen-bond donors (Lipinski definition) is 1. The molecule has 1 N–H and O–H groups in total. The van der Waals surface area contributed by atoms with E-state index in [0.717, 1.165) is 5.56 Å². The van der Waals surface area contributed by atoms with E-state index in [9.17, 15) is 4.79 Å². The summed E-state index contributed by atoms with van der Waals surface area (Å²) in [6.07, 6.45) is 3.47. The molecule has 0 aromatic carbocycles. The van der Waals surface area contributed by atoms with Gasteiger partial charge in [0.1, 0.15) is 0 Å². The molecule has 0 spiro atoms. The first-order valence-electron chi connectivity index (χ1n) is 4.45. The van der Waals surface area contributed by atoms with E-state index in [2.05, 4.69) is 26.2 Å². The van der Waals surface area contributed by atoms with Gasteiger partial charge in [-0.1, -0.05) is 22.0 Å². The van der Waals surface area contributed by atoms with Crippen molar-refractivity contribution in [2.24, 2.45) is 0 Å². The van der Waals surface area contributed by atoms with Crippen molar-refractivity contribution in [1.29, 1.82) is 0 Å². The summed E-state index contributed by atoms with van der Waals surface area (Å²) in [7, 11) is 0. The predicted octanol–water partition coefficient (Wildman–Crippen LogP) is 2.04. The molecule has 3 nitrogen and oxygen atoms in total. The minimum absolute atomic E-state index is 0.00352. The molecule has 1 amide bonds. The third kappa shape index (κ3) is 3.10. The Labute approximate surface area is 92.1 Å². The summed E-state index contributed by atoms with van der Waals surface area (Å²) >= 11 is 3.21. The first kappa shape index (κ1) is 11.2. The minimum atomic E-state index is -0.165. The fourth-order valence-corrected chi connectivity index (χ4v) is 1.18. The molecule has 1 aromatic rings. The second kappa shape index (κ2) is 5.10. The minimum Gasteiger partial charge on any atom is -0.349 e. The number of amides is 1. The molecule has 0 aliphatic carbocycles. The summed E-state index contributed by atoms with van der Waals surface area (Å²) in [5.74, 6) is -0.0126. The lowest BCUT2D eigenvalue weighted by Crippen LogP contribution is -2.31. The molecular weight excluding hydrogens is 244 g/mol. The van der Waals surface area contributed by atoms with Crippen LogP contribution in [0.25, 0.3) is 0 Å². The fraction of sp³-hybridized carbons (Fsp3) is 0.400. The second-order valence-corrected chi connectivity index (χ2v) is 4.51. The van der Waals surface area contributed by atoms with Crippen molar-refractivity contribution in [2.45, 2.75) is 24.7 Å². The lowest BCUT2D eigenvalue weighted by molar-refractivity contribution is -0.120. The molecule has 14 heavy (non-hydrogen) atoms. The van der Waals surface area contributed by atoms with Crippen LogP contribution in [0, 0.1) is 0 Å². The van der Waals surface area contributed by atoms with E-state index in [1.54, 1.807) is 19.3 Å². The van der Waals surface area contributed by atoms with Crippen LogP contribution in [-0.4, -0.2) is 15.7 Å². The van der Waals surface area contributed by atoms with Crippen LogP contribution in [0.5, 0.6) is 0 Å². The molecule has 0 aliphatic heterocycles. The van der Waals surface area contributed by atoms with E-state index in [-0.39, 0.29) is 16.8 Å². The molecule has 1 aromatic heterocycles. The maximum atomic E-state index is 11.3. The van der Waals surface area contributed by atoms with Crippen molar-refractivity contribution in [1.82, 2.24) is 10.3 Å². The highest BCUT2D eigenvalue weighted by Gasteiger charge is 2.12. The Morgan fingerprint density at radius 3 is 2.79 bits per heavy atom. The average Bonchev–Trinajstić information content (AvgIpc) is 2.19. The number of nitrogens with zero attached hydrogens (tertiary/aromatic N) is 1. The van der Waals surface area contributed by atoms with Crippen molar-refractivity contribution in [2.75, 3.05) is 0 Å². The SMILES string of the molecule is CC(Br)C(=O)NC(C)c1cccnc1. The summed E-state index contributed by atoms with van der Waals surface area (Å²) in [6.45, 7) is 3.73. The Hall–Kier alpha value is -0.900. The zero-order valence-corrected chi connectivity index (χ0v) is 9.78. The monoisotopic (exact) mass is 256 g/mol. The van der Waals surface area contributed by atoms with Crippen molar-refractivity contribution in [3.63, 3.8) is 0 Å². The zero-order chi connectivity index (χ0) is 10.6. The van der Waals surface area contributed by atoms with Crippen LogP contribution < -0.4 is 5.32 Å². The Balaban J connectivity index is 2.59. The molecule has 0 radical (unpaired) electrons. The molecule has 2 unspecified atom stereocenters. The lowest BCUT2D eigenvalue weighted by Gasteiger charge is -2.14. The number of aromatic nitrogens is 1. The predicted molar refractivity (Wildman–Crippen MR) is 59.2 cm³/mol. The van der Waals surface area contributed by atoms with E-state index >= 15 is 0 Å². The molecule has 1 rings (SSSR count). The quantitative estimate of drug-likeness (QED) is 0.842. The van der Waals surface area contributed by atoms with Crippen LogP contribution in [-0.2, 0) is 4.79 Å². The summed E-state index contributed by atoms with van der Waals surface area (Å²) < 4.78 is 0. The molecule has 0 bridgehead atoms. The molecule has 0 saturated carbocycles. The number of pyridine rings is 1. The van der Waals surface area contributed by atoms with Crippen molar-refractivity contribution >= 4 is 21.8 Å². The Morgan fingerprint density at radius 2 is 2.29 bits per heavy atom. The van der Waals surface area contributed by atoms with Gasteiger partial charge in [-0.3, -0.25) is 9.78 Å². The van der Waals surface area contributed by atoms with Crippen molar-refractivity contribution < 1.29 is 4.79 Å². The normalized spacial score (nSPS) is 14.5. The smallest absolute Gasteiger partial charge is 0.233 e. The zero-order valence-electron chi connectivity index (χ0n) is 8.20. The second-order valence-electron chi connectivity index (χ2n) is 3.13. The number of nitrogens with one attached hydrogen (secondary N) is 1. The van der Waals surface area contributed by atoms with Crippen LogP contribution in [0.1, 0.15) is 25.5 Å². The van der Waals surface area contributed by atoms with Gasteiger partial charge in [-0.2, -0.15) is 0 Å². The van der Waals surface area contributed by atoms with Gasteiger partial charge in [-0.05, 0) is 25.5 Å². The highest BCUT2D eigenvalue weighted by Crippen LogP contribution is 2.10. The van der Waals surface area contributed by atoms with Crippen LogP contribution in [0.3, 0.4) is 0 Å². The van der Waals surface area contributed by atoms with E-state index < -0.39 is 0 Å². The fourth-order valence-electron chi connectivity index (χ4n) is 1.04. The maximum Gasteiger partial charge on any atom is 0.233 e. The molecule has 76 valence electrons. The van der Waals surface area contributed by atoms with Gasteiger partial charge >= 0.3 is 0 Å². The van der Waals surface area contributed by atoms with Crippen LogP contribution in [0.2, 0.25) is 0 Å². The third-order valence-corrected chi connectivity index (χ3v) is 2.32. The van der Waals surface area contributed by atoms with Crippen LogP contribution >= 0.6 is 15.9 Å². The number of halogens is 1. The highest BCUT2D eigenvalue weighted by molar-refractivity contribution is 9.10. The van der Waals surface area contributed by atoms with Gasteiger partial charge in [-0.25, -0.2) is 0 Å². The van der Waals surface area contributed by atoms with E-state index in [4.69, 9.17) is 0 Å². The Bertz CT molecular complexity index is 300. The topological polar surface area (TPSA) is 42.0 Å². The molecule has 0 aliphatic rings. The standard InChI is InChI=1S/C10H13BrN2O/c1-7(11)10(14)13-8(2)9-4-3-5-12-6-9/h3-8H,1-2H3,(H,13,14). The van der Waals surface area contributed by atoms with E-state index in [0.29, 0.717) is 0 Å². The lowest BCUT2D eigenvalue weighted by atomic mass is 10.1. The first-order chi connectivity index (χ1) is 6.61. The summed E-state index contributed by atoms with van der Waals surface area (Å²) in [4.78, 5) is 15.2. The van der Waals surface area contributed by atoms with E-state index in [1.165, 1.54) is 0 Å². The maximum absolute atomic E-state index is 11.3. The van der Waals surface area contributed by atoms with Gasteiger partial charge in [-0.15, -0.1) is 0 Å². The summed E-state index contributed by atoms with van der Waals surface area (Å²) in [5, 5.41) is 2.87. The number of carbonyl (C=O) groups excluding carboxylic acids is 1. The van der Waals surface area contributed by atoms with E-state index in [1.807, 2.05) is 19.1 Å². The molecule has 0 saturated heterocycles. The molecule has 2 atom stereocenters. The number of alkyl halides is 1. The van der Waals surface area contributed by atoms with Gasteiger partial charge in [0.2, 0.25) is 5.91 Å². The summed E-state index contributed by atoms with van der Waals surface area (Å²) in [5.41, 5.74) is 1.01. The van der Waals surface area contributed by atoms with Gasteiger partial charge < -0.3 is 5.32 Å². The van der Waals surface area contributed by atoms with Crippen LogP contribution in [0.15, 0.2) is 24.5 Å². The van der Waals surface area contributed by atoms with Gasteiger partial charge in [0.15, 0.2) is 0 Å². The van der Waals surface area contributed by atoms with Crippen LogP contribution in [0.4, 0.5) is 0 Å². The average molecular weight is 257 g/mol. The third-order valence-electron chi connectivity index (χ3n) is 1.90. The molecular formula is C10H13BrN2O. The Morgan fingerprint density at radius 1 is 1.57 bits per heavy atom. The Kier molecular flexibility index (Phi) is 4.07. The van der Waals surface area contributed by atoms with Gasteiger partial charge in [0.25, 0.3) is 0 Å². The van der Waals surface area contributed by atoms with Crippen molar-refractivity contribution in [3.8, 4) is 0 Å². The van der Waals surface area contributed by atoms with Gasteiger partial charge in [0, 0.05) is 12.4 Å². The number of carbonyl (C=O) groups is 1. The van der Waals surface area contributed by atoms with Gasteiger partial charge in [0.05, 0.1) is 10.9 Å². The number of rotatable bonds is 3. The molecule has 4 heteroatoms. The van der Waals surface area contributed by atoms with Crippen molar-refractivity contribution in [3.05, 3.63) is 30.1 Å². The molecule has 1 heterocycles. The highest BCUT2D eigenvalue weighted by atomic mass is 79.9.